The van der Waals surface area contributed by atoms with Crippen LogP contribution in [-0.2, 0) is 17.8 Å². The molecule has 1 aliphatic heterocycles. The van der Waals surface area contributed by atoms with Gasteiger partial charge >= 0.3 is 0 Å². The summed E-state index contributed by atoms with van der Waals surface area (Å²) in [4.78, 5) is 11.5. The van der Waals surface area contributed by atoms with Gasteiger partial charge < -0.3 is 9.84 Å². The topological polar surface area (TPSA) is 72.5 Å². The minimum Gasteiger partial charge on any atom is -0.508 e. The number of nitrogens with zero attached hydrogens (tertiary/aromatic N) is 4. The van der Waals surface area contributed by atoms with Crippen molar-refractivity contribution in [2.24, 2.45) is 0 Å². The second kappa shape index (κ2) is 5.00. The smallest absolute Gasteiger partial charge is 0.182 e. The van der Waals surface area contributed by atoms with E-state index in [1.807, 2.05) is 6.07 Å². The van der Waals surface area contributed by atoms with Gasteiger partial charge in [0.05, 0.1) is 17.6 Å². The van der Waals surface area contributed by atoms with E-state index in [0.717, 1.165) is 27.8 Å². The number of fused-ring (bicyclic) bond motifs is 5. The Kier molecular flexibility index (Phi) is 2.96. The number of aromatic hydroxyl groups is 1. The van der Waals surface area contributed by atoms with Gasteiger partial charge in [-0.25, -0.2) is 14.5 Å². The van der Waals surface area contributed by atoms with Crippen molar-refractivity contribution in [3.8, 4) is 17.1 Å². The largest absolute Gasteiger partial charge is 0.508 e. The number of aromatic nitrogens is 4. The van der Waals surface area contributed by atoms with Crippen LogP contribution in [0.1, 0.15) is 24.3 Å². The third-order valence-electron chi connectivity index (χ3n) is 4.51. The Labute approximate surface area is 147 Å². The number of ether oxygens (including phenoxy) is 1. The van der Waals surface area contributed by atoms with Crippen LogP contribution in [0.3, 0.4) is 0 Å². The highest BCUT2D eigenvalue weighted by Crippen LogP contribution is 2.39. The fourth-order valence-electron chi connectivity index (χ4n) is 3.31. The first-order chi connectivity index (χ1) is 12.0. The van der Waals surface area contributed by atoms with Crippen molar-refractivity contribution in [2.75, 3.05) is 0 Å². The Morgan fingerprint density at radius 2 is 2.20 bits per heavy atom. The van der Waals surface area contributed by atoms with E-state index >= 15 is 0 Å². The van der Waals surface area contributed by atoms with Crippen LogP contribution in [0, 0.1) is 0 Å². The minimum absolute atomic E-state index is 0.193. The monoisotopic (exact) mass is 352 g/mol. The summed E-state index contributed by atoms with van der Waals surface area (Å²) in [5, 5.41) is 15.3. The maximum absolute atomic E-state index is 9.72. The zero-order chi connectivity index (χ0) is 17.2. The predicted molar refractivity (Wildman–Crippen MR) is 95.8 cm³/mol. The first kappa shape index (κ1) is 14.8. The molecule has 4 aromatic rings. The summed E-state index contributed by atoms with van der Waals surface area (Å²) in [6.07, 6.45) is 2.53. The fraction of sp³-hybridized carbons (Fsp3) is 0.278. The standard InChI is InChI=1S/C18H16N4O2S/c1-18(2)7-12-13(8-24-18)25-17-14(12)16-20-15(21-22(16)9-19-17)10-4-3-5-11(23)6-10/h3-6,9,23H,7-8H2,1-2H3. The molecule has 3 aromatic heterocycles. The maximum Gasteiger partial charge on any atom is 0.182 e. The van der Waals surface area contributed by atoms with Crippen molar-refractivity contribution >= 4 is 27.2 Å². The number of benzene rings is 1. The summed E-state index contributed by atoms with van der Waals surface area (Å²) >= 11 is 1.67. The normalized spacial score (nSPS) is 16.4. The van der Waals surface area contributed by atoms with E-state index in [0.29, 0.717) is 12.4 Å². The van der Waals surface area contributed by atoms with Gasteiger partial charge in [-0.2, -0.15) is 0 Å². The lowest BCUT2D eigenvalue weighted by Gasteiger charge is -2.30. The van der Waals surface area contributed by atoms with Crippen LogP contribution in [0.2, 0.25) is 0 Å². The van der Waals surface area contributed by atoms with Crippen LogP contribution in [0.5, 0.6) is 5.75 Å². The lowest BCUT2D eigenvalue weighted by molar-refractivity contribution is -0.0379. The summed E-state index contributed by atoms with van der Waals surface area (Å²) < 4.78 is 7.65. The molecule has 6 nitrogen and oxygen atoms in total. The molecular formula is C18H16N4O2S. The minimum atomic E-state index is -0.193. The van der Waals surface area contributed by atoms with Gasteiger partial charge in [0.1, 0.15) is 16.9 Å². The molecule has 5 rings (SSSR count). The Morgan fingerprint density at radius 3 is 3.04 bits per heavy atom. The van der Waals surface area contributed by atoms with Crippen LogP contribution in [0.25, 0.3) is 27.3 Å². The second-order valence-electron chi connectivity index (χ2n) is 6.91. The fourth-order valence-corrected chi connectivity index (χ4v) is 4.37. The van der Waals surface area contributed by atoms with Gasteiger partial charge in [-0.15, -0.1) is 16.4 Å². The Morgan fingerprint density at radius 1 is 1.32 bits per heavy atom. The van der Waals surface area contributed by atoms with Gasteiger partial charge in [0, 0.05) is 16.9 Å². The van der Waals surface area contributed by atoms with Gasteiger partial charge in [0.15, 0.2) is 11.5 Å². The molecular weight excluding hydrogens is 336 g/mol. The highest BCUT2D eigenvalue weighted by atomic mass is 32.1. The Bertz CT molecular complexity index is 1130. The molecule has 0 radical (unpaired) electrons. The van der Waals surface area contributed by atoms with E-state index in [9.17, 15) is 5.11 Å². The first-order valence-electron chi connectivity index (χ1n) is 8.09. The molecule has 0 bridgehead atoms. The van der Waals surface area contributed by atoms with Crippen LogP contribution < -0.4 is 0 Å². The number of hydrogen-bond acceptors (Lipinski definition) is 6. The Balaban J connectivity index is 1.77. The average Bonchev–Trinajstić information content (AvgIpc) is 3.14. The summed E-state index contributed by atoms with van der Waals surface area (Å²) in [6.45, 7) is 4.83. The summed E-state index contributed by atoms with van der Waals surface area (Å²) in [5.74, 6) is 0.780. The molecule has 7 heteroatoms. The van der Waals surface area contributed by atoms with Crippen molar-refractivity contribution in [3.05, 3.63) is 41.0 Å². The van der Waals surface area contributed by atoms with Crippen molar-refractivity contribution < 1.29 is 9.84 Å². The van der Waals surface area contributed by atoms with Crippen LogP contribution in [0.4, 0.5) is 0 Å². The number of thiophene rings is 1. The molecule has 1 N–H and O–H groups in total. The molecule has 126 valence electrons. The van der Waals surface area contributed by atoms with E-state index in [2.05, 4.69) is 23.9 Å². The molecule has 0 saturated heterocycles. The first-order valence-corrected chi connectivity index (χ1v) is 8.91. The molecule has 1 aromatic carbocycles. The number of rotatable bonds is 1. The van der Waals surface area contributed by atoms with Gasteiger partial charge in [-0.05, 0) is 31.5 Å². The van der Waals surface area contributed by atoms with Crippen molar-refractivity contribution in [2.45, 2.75) is 32.5 Å². The van der Waals surface area contributed by atoms with Gasteiger partial charge in [0.2, 0.25) is 0 Å². The zero-order valence-electron chi connectivity index (χ0n) is 13.9. The van der Waals surface area contributed by atoms with E-state index in [1.165, 1.54) is 10.4 Å². The zero-order valence-corrected chi connectivity index (χ0v) is 14.7. The molecule has 0 unspecified atom stereocenters. The molecule has 0 fully saturated rings. The lowest BCUT2D eigenvalue weighted by Crippen LogP contribution is -2.31. The van der Waals surface area contributed by atoms with Gasteiger partial charge in [0.25, 0.3) is 0 Å². The van der Waals surface area contributed by atoms with E-state index < -0.39 is 0 Å². The molecule has 4 heterocycles. The van der Waals surface area contributed by atoms with Crippen LogP contribution in [-0.4, -0.2) is 30.3 Å². The van der Waals surface area contributed by atoms with Crippen molar-refractivity contribution in [3.63, 3.8) is 0 Å². The van der Waals surface area contributed by atoms with Crippen molar-refractivity contribution in [1.82, 2.24) is 19.6 Å². The van der Waals surface area contributed by atoms with Crippen LogP contribution in [0.15, 0.2) is 30.6 Å². The SMILES string of the molecule is CC1(C)Cc2c(sc3ncn4nc(-c5cccc(O)c5)nc4c23)CO1. The van der Waals surface area contributed by atoms with Gasteiger partial charge in [-0.3, -0.25) is 0 Å². The molecule has 1 aliphatic rings. The average molecular weight is 352 g/mol. The molecule has 0 amide bonds. The summed E-state index contributed by atoms with van der Waals surface area (Å²) in [5.41, 5.74) is 2.66. The number of hydrogen-bond donors (Lipinski definition) is 1. The molecule has 25 heavy (non-hydrogen) atoms. The summed E-state index contributed by atoms with van der Waals surface area (Å²) in [7, 11) is 0. The second-order valence-corrected chi connectivity index (χ2v) is 7.99. The number of phenols is 1. The third-order valence-corrected chi connectivity index (χ3v) is 5.63. The van der Waals surface area contributed by atoms with E-state index in [-0.39, 0.29) is 11.4 Å². The number of phenolic OH excluding ortho intramolecular Hbond substituents is 1. The Hall–Kier alpha value is -2.51. The van der Waals surface area contributed by atoms with Crippen molar-refractivity contribution in [1.29, 1.82) is 0 Å². The molecule has 0 saturated carbocycles. The quantitative estimate of drug-likeness (QED) is 0.567. The summed E-state index contributed by atoms with van der Waals surface area (Å²) in [6, 6.07) is 6.98. The highest BCUT2D eigenvalue weighted by molar-refractivity contribution is 7.19. The third kappa shape index (κ3) is 2.31. The highest BCUT2D eigenvalue weighted by Gasteiger charge is 2.30. The molecule has 0 aliphatic carbocycles. The molecule has 0 spiro atoms. The van der Waals surface area contributed by atoms with E-state index in [1.54, 1.807) is 40.4 Å². The lowest BCUT2D eigenvalue weighted by atomic mass is 9.94. The van der Waals surface area contributed by atoms with Gasteiger partial charge in [-0.1, -0.05) is 12.1 Å². The molecule has 0 atom stereocenters. The maximum atomic E-state index is 9.72. The van der Waals surface area contributed by atoms with E-state index in [4.69, 9.17) is 9.72 Å². The predicted octanol–water partition coefficient (Wildman–Crippen LogP) is 3.56. The van der Waals surface area contributed by atoms with Crippen LogP contribution >= 0.6 is 11.3 Å².